The zero-order valence-electron chi connectivity index (χ0n) is 11.8. The van der Waals surface area contributed by atoms with E-state index in [0.717, 1.165) is 0 Å². The average molecular weight is 300 g/mol. The van der Waals surface area contributed by atoms with Gasteiger partial charge < -0.3 is 24.0 Å². The molecule has 0 rings (SSSR count). The average Bonchev–Trinajstić information content (AvgIpc) is 2.37. The van der Waals surface area contributed by atoms with Crippen LogP contribution in [0.3, 0.4) is 0 Å². The van der Waals surface area contributed by atoms with Crippen molar-refractivity contribution in [2.45, 2.75) is 32.3 Å². The fourth-order valence-corrected chi connectivity index (χ4v) is 1.87. The fourth-order valence-electron chi connectivity index (χ4n) is 1.46. The summed E-state index contributed by atoms with van der Waals surface area (Å²) in [6, 6.07) is 0. The topological polar surface area (TPSA) is 94.5 Å². The SMILES string of the molecule is CCC(CC)(COP(=O)(O)O)OCCOCCOC. The van der Waals surface area contributed by atoms with E-state index >= 15 is 0 Å². The molecule has 0 atom stereocenters. The third kappa shape index (κ3) is 9.51. The van der Waals surface area contributed by atoms with Crippen molar-refractivity contribution in [1.29, 1.82) is 0 Å². The lowest BCUT2D eigenvalue weighted by molar-refractivity contribution is -0.0991. The van der Waals surface area contributed by atoms with Gasteiger partial charge in [0, 0.05) is 7.11 Å². The molecule has 19 heavy (non-hydrogen) atoms. The van der Waals surface area contributed by atoms with E-state index in [0.29, 0.717) is 39.3 Å². The molecule has 0 fully saturated rings. The van der Waals surface area contributed by atoms with Crippen LogP contribution in [0.4, 0.5) is 0 Å². The molecule has 0 amide bonds. The molecule has 0 heterocycles. The molecule has 0 saturated carbocycles. The molecule has 0 spiro atoms. The van der Waals surface area contributed by atoms with Gasteiger partial charge in [-0.1, -0.05) is 13.8 Å². The smallest absolute Gasteiger partial charge is 0.382 e. The van der Waals surface area contributed by atoms with Crippen molar-refractivity contribution in [3.63, 3.8) is 0 Å². The number of ether oxygens (including phenoxy) is 3. The predicted molar refractivity (Wildman–Crippen MR) is 70.0 cm³/mol. The van der Waals surface area contributed by atoms with E-state index in [2.05, 4.69) is 4.52 Å². The highest BCUT2D eigenvalue weighted by atomic mass is 31.2. The summed E-state index contributed by atoms with van der Waals surface area (Å²) in [7, 11) is -2.87. The Morgan fingerprint density at radius 1 is 1.05 bits per heavy atom. The Morgan fingerprint density at radius 3 is 2.11 bits per heavy atom. The van der Waals surface area contributed by atoms with E-state index in [1.165, 1.54) is 0 Å². The highest BCUT2D eigenvalue weighted by Gasteiger charge is 2.30. The monoisotopic (exact) mass is 300 g/mol. The Hall–Kier alpha value is -0.0100. The first-order chi connectivity index (χ1) is 8.89. The maximum atomic E-state index is 10.7. The quantitative estimate of drug-likeness (QED) is 0.415. The number of methoxy groups -OCH3 is 1. The minimum Gasteiger partial charge on any atom is -0.382 e. The molecule has 0 aliphatic heterocycles. The van der Waals surface area contributed by atoms with Crippen LogP contribution in [0, 0.1) is 0 Å². The summed E-state index contributed by atoms with van der Waals surface area (Å²) >= 11 is 0. The Balaban J connectivity index is 4.05. The van der Waals surface area contributed by atoms with Gasteiger partial charge in [-0.15, -0.1) is 0 Å². The summed E-state index contributed by atoms with van der Waals surface area (Å²) in [6.07, 6.45) is 1.20. The van der Waals surface area contributed by atoms with E-state index in [-0.39, 0.29) is 6.61 Å². The summed E-state index contributed by atoms with van der Waals surface area (Å²) in [4.78, 5) is 17.5. The number of phosphoric ester groups is 1. The minimum atomic E-state index is -4.47. The van der Waals surface area contributed by atoms with Crippen LogP contribution in [-0.2, 0) is 23.3 Å². The minimum absolute atomic E-state index is 0.137. The van der Waals surface area contributed by atoms with Crippen molar-refractivity contribution < 1.29 is 33.1 Å². The maximum absolute atomic E-state index is 10.7. The van der Waals surface area contributed by atoms with Crippen molar-refractivity contribution in [2.24, 2.45) is 0 Å². The molecule has 0 aromatic rings. The second-order valence-corrected chi connectivity index (χ2v) is 5.35. The Labute approximate surface area is 114 Å². The van der Waals surface area contributed by atoms with Crippen LogP contribution in [0.5, 0.6) is 0 Å². The van der Waals surface area contributed by atoms with E-state index < -0.39 is 13.4 Å². The molecule has 0 radical (unpaired) electrons. The van der Waals surface area contributed by atoms with Gasteiger partial charge in [0.25, 0.3) is 0 Å². The van der Waals surface area contributed by atoms with Crippen LogP contribution >= 0.6 is 7.82 Å². The molecule has 0 aromatic carbocycles. The van der Waals surface area contributed by atoms with Crippen molar-refractivity contribution in [3.05, 3.63) is 0 Å². The van der Waals surface area contributed by atoms with Gasteiger partial charge >= 0.3 is 7.82 Å². The number of rotatable bonds is 12. The van der Waals surface area contributed by atoms with Crippen LogP contribution in [0.25, 0.3) is 0 Å². The van der Waals surface area contributed by atoms with Gasteiger partial charge in [-0.3, -0.25) is 4.52 Å². The zero-order valence-corrected chi connectivity index (χ0v) is 12.7. The largest absolute Gasteiger partial charge is 0.469 e. The molecular weight excluding hydrogens is 275 g/mol. The third-order valence-corrected chi connectivity index (χ3v) is 3.32. The van der Waals surface area contributed by atoms with Crippen molar-refractivity contribution in [1.82, 2.24) is 0 Å². The molecule has 0 aliphatic carbocycles. The maximum Gasteiger partial charge on any atom is 0.469 e. The van der Waals surface area contributed by atoms with Crippen LogP contribution < -0.4 is 0 Å². The van der Waals surface area contributed by atoms with Gasteiger partial charge in [-0.25, -0.2) is 4.57 Å². The molecule has 0 unspecified atom stereocenters. The number of phosphoric acid groups is 1. The zero-order chi connectivity index (χ0) is 14.8. The van der Waals surface area contributed by atoms with Crippen molar-refractivity contribution >= 4 is 7.82 Å². The molecule has 0 aromatic heterocycles. The molecule has 2 N–H and O–H groups in total. The highest BCUT2D eigenvalue weighted by Crippen LogP contribution is 2.38. The summed E-state index contributed by atoms with van der Waals surface area (Å²) < 4.78 is 31.1. The van der Waals surface area contributed by atoms with Gasteiger partial charge in [0.2, 0.25) is 0 Å². The Kier molecular flexibility index (Phi) is 9.82. The lowest BCUT2D eigenvalue weighted by Crippen LogP contribution is -2.37. The second-order valence-electron chi connectivity index (χ2n) is 4.11. The molecule has 0 bridgehead atoms. The van der Waals surface area contributed by atoms with Gasteiger partial charge in [0.1, 0.15) is 0 Å². The van der Waals surface area contributed by atoms with Crippen LogP contribution in [-0.4, -0.2) is 55.5 Å². The van der Waals surface area contributed by atoms with Crippen LogP contribution in [0.15, 0.2) is 0 Å². The standard InChI is InChI=1S/C11H25O7P/c1-4-11(5-2,10-18-19(12,13)14)17-9-8-16-7-6-15-3/h4-10H2,1-3H3,(H2,12,13,14). The molecule has 0 saturated heterocycles. The predicted octanol–water partition coefficient (Wildman–Crippen LogP) is 1.33. The van der Waals surface area contributed by atoms with Crippen LogP contribution in [0.1, 0.15) is 26.7 Å². The van der Waals surface area contributed by atoms with Crippen molar-refractivity contribution in [3.8, 4) is 0 Å². The van der Waals surface area contributed by atoms with Crippen molar-refractivity contribution in [2.75, 3.05) is 40.1 Å². The summed E-state index contributed by atoms with van der Waals surface area (Å²) in [5, 5.41) is 0. The van der Waals surface area contributed by atoms with E-state index in [9.17, 15) is 4.57 Å². The first-order valence-electron chi connectivity index (χ1n) is 6.30. The summed E-state index contributed by atoms with van der Waals surface area (Å²) in [6.45, 7) is 5.40. The Bertz CT molecular complexity index is 262. The second kappa shape index (κ2) is 9.83. The van der Waals surface area contributed by atoms with Gasteiger partial charge in [-0.2, -0.15) is 0 Å². The number of hydrogen-bond donors (Lipinski definition) is 2. The fraction of sp³-hybridized carbons (Fsp3) is 1.00. The van der Waals surface area contributed by atoms with Gasteiger partial charge in [-0.05, 0) is 12.8 Å². The molecular formula is C11H25O7P. The van der Waals surface area contributed by atoms with E-state index in [4.69, 9.17) is 24.0 Å². The first-order valence-corrected chi connectivity index (χ1v) is 7.83. The summed E-state index contributed by atoms with van der Waals surface area (Å²) in [5.74, 6) is 0. The Morgan fingerprint density at radius 2 is 1.63 bits per heavy atom. The summed E-state index contributed by atoms with van der Waals surface area (Å²) in [5.41, 5.74) is -0.689. The van der Waals surface area contributed by atoms with Gasteiger partial charge in [0.05, 0.1) is 38.6 Å². The van der Waals surface area contributed by atoms with E-state index in [1.54, 1.807) is 7.11 Å². The van der Waals surface area contributed by atoms with Crippen LogP contribution in [0.2, 0.25) is 0 Å². The molecule has 116 valence electrons. The highest BCUT2D eigenvalue weighted by molar-refractivity contribution is 7.46. The normalized spacial score (nSPS) is 12.9. The molecule has 7 nitrogen and oxygen atoms in total. The number of hydrogen-bond acceptors (Lipinski definition) is 5. The molecule has 8 heteroatoms. The third-order valence-electron chi connectivity index (χ3n) is 2.85. The molecule has 0 aliphatic rings. The lowest BCUT2D eigenvalue weighted by Gasteiger charge is -2.31. The van der Waals surface area contributed by atoms with Gasteiger partial charge in [0.15, 0.2) is 0 Å². The lowest BCUT2D eigenvalue weighted by atomic mass is 9.98. The first kappa shape index (κ1) is 19.0. The van der Waals surface area contributed by atoms with E-state index in [1.807, 2.05) is 13.8 Å².